The minimum atomic E-state index is -4.91. The summed E-state index contributed by atoms with van der Waals surface area (Å²) in [6.45, 7) is 0. The van der Waals surface area contributed by atoms with E-state index in [1.54, 1.807) is 0 Å². The monoisotopic (exact) mass is 422 g/mol. The topological polar surface area (TPSA) is 0 Å². The third kappa shape index (κ3) is 6.05. The maximum Gasteiger partial charge on any atom is 0.393 e. The first-order chi connectivity index (χ1) is 12.2. The highest BCUT2D eigenvalue weighted by Crippen LogP contribution is 2.39. The smallest absolute Gasteiger partial charge is 0.207 e. The predicted octanol–water partition coefficient (Wildman–Crippen LogP) is 6.60. The predicted molar refractivity (Wildman–Crippen MR) is 76.4 cm³/mol. The van der Waals surface area contributed by atoms with Gasteiger partial charge in [0, 0.05) is 33.1 Å². The maximum absolute atomic E-state index is 13.8. The molecule has 0 fully saturated rings. The Morgan fingerprint density at radius 2 is 0.926 bits per heavy atom. The second kappa shape index (κ2) is 7.61. The number of rotatable bonds is 4. The molecule has 0 bridgehead atoms. The van der Waals surface area contributed by atoms with Crippen LogP contribution in [0.3, 0.4) is 0 Å². The van der Waals surface area contributed by atoms with Crippen LogP contribution in [0.25, 0.3) is 0 Å². The van der Waals surface area contributed by atoms with Crippen LogP contribution >= 0.6 is 11.8 Å². The largest absolute Gasteiger partial charge is 0.393 e. The van der Waals surface area contributed by atoms with E-state index in [2.05, 4.69) is 0 Å². The van der Waals surface area contributed by atoms with E-state index in [9.17, 15) is 43.9 Å². The van der Waals surface area contributed by atoms with Gasteiger partial charge >= 0.3 is 12.4 Å². The normalized spacial score (nSPS) is 12.5. The van der Waals surface area contributed by atoms with Crippen LogP contribution in [0, 0.1) is 23.3 Å². The molecule has 2 aromatic carbocycles. The highest BCUT2D eigenvalue weighted by atomic mass is 32.2. The maximum atomic E-state index is 13.8. The van der Waals surface area contributed by atoms with Gasteiger partial charge < -0.3 is 0 Å². The lowest BCUT2D eigenvalue weighted by atomic mass is 10.1. The van der Waals surface area contributed by atoms with Gasteiger partial charge in [-0.05, 0) is 12.1 Å². The number of halogens is 10. The van der Waals surface area contributed by atoms with Gasteiger partial charge in [0.1, 0.15) is 23.3 Å². The fourth-order valence-corrected chi connectivity index (χ4v) is 3.37. The van der Waals surface area contributed by atoms with E-state index in [1.807, 2.05) is 0 Å². The summed E-state index contributed by atoms with van der Waals surface area (Å²) in [4.78, 5) is -1.48. The molecule has 0 atom stereocenters. The highest BCUT2D eigenvalue weighted by Gasteiger charge is 2.33. The molecular weight excluding hydrogens is 414 g/mol. The van der Waals surface area contributed by atoms with Gasteiger partial charge in [-0.15, -0.1) is 0 Å². The van der Waals surface area contributed by atoms with Crippen LogP contribution in [0.15, 0.2) is 34.1 Å². The standard InChI is InChI=1S/C16H8F10S/c17-7-1-11(19)9(5-15(21,22)23)13(3-7)27-14-4-8(18)2-12(20)10(14)6-16(24,25)26/h1-4H,5-6H2. The molecule has 0 heterocycles. The minimum absolute atomic E-state index is 0.0189. The molecule has 0 saturated carbocycles. The molecule has 0 radical (unpaired) electrons. The fraction of sp³-hybridized carbons (Fsp3) is 0.250. The van der Waals surface area contributed by atoms with Crippen LogP contribution < -0.4 is 0 Å². The molecule has 0 nitrogen and oxygen atoms in total. The van der Waals surface area contributed by atoms with Gasteiger partial charge in [-0.25, -0.2) is 17.6 Å². The minimum Gasteiger partial charge on any atom is -0.207 e. The molecule has 0 aliphatic carbocycles. The summed E-state index contributed by atoms with van der Waals surface area (Å²) in [7, 11) is 0. The Hall–Kier alpha value is -1.91. The molecule has 0 N–H and O–H groups in total. The molecule has 27 heavy (non-hydrogen) atoms. The quantitative estimate of drug-likeness (QED) is 0.500. The summed E-state index contributed by atoms with van der Waals surface area (Å²) < 4.78 is 130. The second-order valence-corrected chi connectivity index (χ2v) is 6.50. The summed E-state index contributed by atoms with van der Waals surface area (Å²) in [6, 6.07) is 1.26. The fourth-order valence-electron chi connectivity index (χ4n) is 2.20. The lowest BCUT2D eigenvalue weighted by Crippen LogP contribution is -2.15. The SMILES string of the molecule is Fc1cc(F)c(CC(F)(F)F)c(Sc2cc(F)cc(F)c2CC(F)(F)F)c1. The van der Waals surface area contributed by atoms with E-state index in [0.29, 0.717) is 12.1 Å². The lowest BCUT2D eigenvalue weighted by Gasteiger charge is -2.16. The Bertz CT molecular complexity index is 769. The van der Waals surface area contributed by atoms with Crippen molar-refractivity contribution in [3.63, 3.8) is 0 Å². The van der Waals surface area contributed by atoms with Crippen molar-refractivity contribution in [2.75, 3.05) is 0 Å². The molecule has 0 unspecified atom stereocenters. The molecule has 0 saturated heterocycles. The Labute approximate surface area is 150 Å². The average Bonchev–Trinajstić information content (AvgIpc) is 2.44. The van der Waals surface area contributed by atoms with E-state index < -0.39 is 69.4 Å². The third-order valence-electron chi connectivity index (χ3n) is 3.21. The molecule has 0 amide bonds. The van der Waals surface area contributed by atoms with Crippen LogP contribution in [0.1, 0.15) is 11.1 Å². The summed E-state index contributed by atoms with van der Waals surface area (Å²) in [5.41, 5.74) is -2.09. The second-order valence-electron chi connectivity index (χ2n) is 5.41. The van der Waals surface area contributed by atoms with Crippen LogP contribution in [-0.2, 0) is 12.8 Å². The Kier molecular flexibility index (Phi) is 6.03. The van der Waals surface area contributed by atoms with Crippen molar-refractivity contribution in [1.82, 2.24) is 0 Å². The number of hydrogen-bond donors (Lipinski definition) is 0. The van der Waals surface area contributed by atoms with Crippen molar-refractivity contribution in [2.24, 2.45) is 0 Å². The molecule has 0 aliphatic rings. The van der Waals surface area contributed by atoms with E-state index in [0.717, 1.165) is 0 Å². The van der Waals surface area contributed by atoms with Crippen molar-refractivity contribution in [3.05, 3.63) is 58.7 Å². The molecule has 11 heteroatoms. The van der Waals surface area contributed by atoms with Crippen molar-refractivity contribution >= 4 is 11.8 Å². The van der Waals surface area contributed by atoms with E-state index in [-0.39, 0.29) is 23.9 Å². The number of alkyl halides is 6. The van der Waals surface area contributed by atoms with E-state index in [4.69, 9.17) is 0 Å². The van der Waals surface area contributed by atoms with Gasteiger partial charge in [0.2, 0.25) is 0 Å². The zero-order chi connectivity index (χ0) is 20.6. The van der Waals surface area contributed by atoms with Crippen molar-refractivity contribution in [2.45, 2.75) is 35.0 Å². The number of benzene rings is 2. The summed E-state index contributed by atoms with van der Waals surface area (Å²) >= 11 is 0.0189. The molecule has 148 valence electrons. The van der Waals surface area contributed by atoms with Crippen LogP contribution in [0.4, 0.5) is 43.9 Å². The van der Waals surface area contributed by atoms with Gasteiger partial charge in [-0.3, -0.25) is 0 Å². The van der Waals surface area contributed by atoms with Crippen molar-refractivity contribution in [3.8, 4) is 0 Å². The summed E-state index contributed by atoms with van der Waals surface area (Å²) in [6.07, 6.45) is -13.5. The van der Waals surface area contributed by atoms with E-state index >= 15 is 0 Å². The van der Waals surface area contributed by atoms with Gasteiger partial charge in [0.15, 0.2) is 0 Å². The van der Waals surface area contributed by atoms with Crippen LogP contribution in [0.2, 0.25) is 0 Å². The van der Waals surface area contributed by atoms with Crippen molar-refractivity contribution in [1.29, 1.82) is 0 Å². The Balaban J connectivity index is 2.57. The van der Waals surface area contributed by atoms with Gasteiger partial charge in [-0.1, -0.05) is 11.8 Å². The van der Waals surface area contributed by atoms with Crippen LogP contribution in [-0.4, -0.2) is 12.4 Å². The zero-order valence-corrected chi connectivity index (χ0v) is 13.7. The summed E-state index contributed by atoms with van der Waals surface area (Å²) in [5, 5.41) is 0. The van der Waals surface area contributed by atoms with Gasteiger partial charge in [0.25, 0.3) is 0 Å². The van der Waals surface area contributed by atoms with Crippen LogP contribution in [0.5, 0.6) is 0 Å². The Morgan fingerprint density at radius 1 is 0.593 bits per heavy atom. The zero-order valence-electron chi connectivity index (χ0n) is 12.9. The first kappa shape index (κ1) is 21.4. The molecule has 2 aromatic rings. The number of hydrogen-bond acceptors (Lipinski definition) is 1. The lowest BCUT2D eigenvalue weighted by molar-refractivity contribution is -0.129. The summed E-state index contributed by atoms with van der Waals surface area (Å²) in [5.74, 6) is -5.75. The molecule has 0 spiro atoms. The molecule has 0 aromatic heterocycles. The molecule has 2 rings (SSSR count). The molecular formula is C16H8F10S. The van der Waals surface area contributed by atoms with Crippen molar-refractivity contribution < 1.29 is 43.9 Å². The average molecular weight is 422 g/mol. The highest BCUT2D eigenvalue weighted by molar-refractivity contribution is 7.99. The van der Waals surface area contributed by atoms with E-state index in [1.165, 1.54) is 0 Å². The third-order valence-corrected chi connectivity index (χ3v) is 4.38. The first-order valence-corrected chi connectivity index (χ1v) is 7.84. The first-order valence-electron chi connectivity index (χ1n) is 7.02. The Morgan fingerprint density at radius 3 is 1.22 bits per heavy atom. The van der Waals surface area contributed by atoms with Gasteiger partial charge in [-0.2, -0.15) is 26.3 Å². The van der Waals surface area contributed by atoms with Gasteiger partial charge in [0.05, 0.1) is 12.8 Å². The molecule has 0 aliphatic heterocycles.